The van der Waals surface area contributed by atoms with Gasteiger partial charge in [0.2, 0.25) is 0 Å². The number of aromatic nitrogens is 2. The number of methoxy groups -OCH3 is 1. The summed E-state index contributed by atoms with van der Waals surface area (Å²) in [6, 6.07) is 0. The number of nitrogens with one attached hydrogen (secondary N) is 1. The molecule has 1 heterocycles. The Balaban J connectivity index is 1.95. The average Bonchev–Trinajstić information content (AvgIpc) is 2.81. The molecule has 0 aromatic carbocycles. The summed E-state index contributed by atoms with van der Waals surface area (Å²) in [4.78, 5) is 19.3. The van der Waals surface area contributed by atoms with Gasteiger partial charge in [-0.1, -0.05) is 6.42 Å². The summed E-state index contributed by atoms with van der Waals surface area (Å²) in [5.74, 6) is 0.262. The highest BCUT2D eigenvalue weighted by Gasteiger charge is 2.24. The van der Waals surface area contributed by atoms with Crippen LogP contribution in [0.1, 0.15) is 29.8 Å². The molecule has 0 radical (unpaired) electrons. The zero-order valence-electron chi connectivity index (χ0n) is 10.3. The fourth-order valence-corrected chi connectivity index (χ4v) is 2.15. The molecule has 0 bridgehead atoms. The van der Waals surface area contributed by atoms with E-state index in [4.69, 9.17) is 0 Å². The van der Waals surface area contributed by atoms with Crippen molar-refractivity contribution >= 4 is 11.8 Å². The van der Waals surface area contributed by atoms with E-state index in [1.165, 1.54) is 13.3 Å². The van der Waals surface area contributed by atoms with Crippen molar-refractivity contribution in [2.75, 3.05) is 19.0 Å². The van der Waals surface area contributed by atoms with Gasteiger partial charge in [0.15, 0.2) is 5.69 Å². The molecule has 1 fully saturated rings. The molecule has 0 saturated heterocycles. The standard InChI is InChI=1S/C12H17N3O3/c1-18-12(17)9-6-13-7-11(15-9)14-5-8-3-2-4-10(8)16/h6-8,10,16H,2-5H2,1H3,(H,14,15). The van der Waals surface area contributed by atoms with Gasteiger partial charge in [0.25, 0.3) is 0 Å². The van der Waals surface area contributed by atoms with E-state index in [9.17, 15) is 9.90 Å². The molecule has 1 aromatic heterocycles. The second kappa shape index (κ2) is 5.77. The van der Waals surface area contributed by atoms with E-state index in [0.717, 1.165) is 19.3 Å². The first-order chi connectivity index (χ1) is 8.70. The minimum absolute atomic E-state index is 0.175. The lowest BCUT2D eigenvalue weighted by Gasteiger charge is -2.15. The van der Waals surface area contributed by atoms with Crippen LogP contribution < -0.4 is 5.32 Å². The molecule has 1 aromatic rings. The lowest BCUT2D eigenvalue weighted by molar-refractivity contribution is 0.0593. The molecule has 0 spiro atoms. The Labute approximate surface area is 105 Å². The largest absolute Gasteiger partial charge is 0.464 e. The van der Waals surface area contributed by atoms with E-state index >= 15 is 0 Å². The van der Waals surface area contributed by atoms with Gasteiger partial charge in [-0.3, -0.25) is 4.98 Å². The number of aliphatic hydroxyl groups is 1. The van der Waals surface area contributed by atoms with E-state index in [1.807, 2.05) is 0 Å². The van der Waals surface area contributed by atoms with Crippen LogP contribution in [0.2, 0.25) is 0 Å². The van der Waals surface area contributed by atoms with Gasteiger partial charge in [0.1, 0.15) is 5.82 Å². The highest BCUT2D eigenvalue weighted by atomic mass is 16.5. The van der Waals surface area contributed by atoms with Crippen molar-refractivity contribution in [1.82, 2.24) is 9.97 Å². The predicted octanol–water partition coefficient (Wildman–Crippen LogP) is 0.836. The Kier molecular flexibility index (Phi) is 4.09. The van der Waals surface area contributed by atoms with Crippen molar-refractivity contribution in [2.24, 2.45) is 5.92 Å². The maximum Gasteiger partial charge on any atom is 0.358 e. The smallest absolute Gasteiger partial charge is 0.358 e. The molecule has 0 amide bonds. The first-order valence-electron chi connectivity index (χ1n) is 6.03. The highest BCUT2D eigenvalue weighted by molar-refractivity contribution is 5.87. The Hall–Kier alpha value is -1.69. The Morgan fingerprint density at radius 2 is 2.39 bits per heavy atom. The lowest BCUT2D eigenvalue weighted by Crippen LogP contribution is -2.22. The summed E-state index contributed by atoms with van der Waals surface area (Å²) < 4.78 is 4.58. The van der Waals surface area contributed by atoms with E-state index in [0.29, 0.717) is 12.4 Å². The molecule has 0 aliphatic heterocycles. The number of hydrogen-bond acceptors (Lipinski definition) is 6. The number of ether oxygens (including phenoxy) is 1. The van der Waals surface area contributed by atoms with Crippen LogP contribution in [0.5, 0.6) is 0 Å². The lowest BCUT2D eigenvalue weighted by atomic mass is 10.1. The fraction of sp³-hybridized carbons (Fsp3) is 0.583. The molecule has 1 saturated carbocycles. The number of anilines is 1. The molecule has 18 heavy (non-hydrogen) atoms. The first kappa shape index (κ1) is 12.8. The molecular formula is C12H17N3O3. The molecule has 98 valence electrons. The van der Waals surface area contributed by atoms with Crippen LogP contribution in [0.4, 0.5) is 5.82 Å². The maximum atomic E-state index is 11.3. The molecule has 1 aliphatic rings. The third-order valence-corrected chi connectivity index (χ3v) is 3.19. The summed E-state index contributed by atoms with van der Waals surface area (Å²) in [6.07, 6.45) is 5.60. The number of nitrogens with zero attached hydrogens (tertiary/aromatic N) is 2. The summed E-state index contributed by atoms with van der Waals surface area (Å²) in [6.45, 7) is 0.639. The molecular weight excluding hydrogens is 234 g/mol. The minimum Gasteiger partial charge on any atom is -0.464 e. The normalized spacial score (nSPS) is 22.8. The van der Waals surface area contributed by atoms with Gasteiger partial charge < -0.3 is 15.2 Å². The van der Waals surface area contributed by atoms with E-state index in [1.54, 1.807) is 6.20 Å². The fourth-order valence-electron chi connectivity index (χ4n) is 2.15. The van der Waals surface area contributed by atoms with Gasteiger partial charge >= 0.3 is 5.97 Å². The van der Waals surface area contributed by atoms with E-state index in [2.05, 4.69) is 20.0 Å². The van der Waals surface area contributed by atoms with Crippen molar-refractivity contribution in [3.05, 3.63) is 18.1 Å². The van der Waals surface area contributed by atoms with Crippen molar-refractivity contribution in [1.29, 1.82) is 0 Å². The molecule has 2 N–H and O–H groups in total. The zero-order chi connectivity index (χ0) is 13.0. The minimum atomic E-state index is -0.507. The Morgan fingerprint density at radius 3 is 3.06 bits per heavy atom. The van der Waals surface area contributed by atoms with Crippen molar-refractivity contribution < 1.29 is 14.6 Å². The van der Waals surface area contributed by atoms with Crippen molar-refractivity contribution in [2.45, 2.75) is 25.4 Å². The Morgan fingerprint density at radius 1 is 1.56 bits per heavy atom. The number of esters is 1. The number of hydrogen-bond donors (Lipinski definition) is 2. The van der Waals surface area contributed by atoms with Gasteiger partial charge in [0.05, 0.1) is 25.6 Å². The molecule has 6 nitrogen and oxygen atoms in total. The number of aliphatic hydroxyl groups excluding tert-OH is 1. The maximum absolute atomic E-state index is 11.3. The SMILES string of the molecule is COC(=O)c1cncc(NCC2CCCC2O)n1. The van der Waals surface area contributed by atoms with Crippen molar-refractivity contribution in [3.8, 4) is 0 Å². The first-order valence-corrected chi connectivity index (χ1v) is 6.03. The van der Waals surface area contributed by atoms with Crippen LogP contribution in [0.15, 0.2) is 12.4 Å². The molecule has 1 aliphatic carbocycles. The topological polar surface area (TPSA) is 84.3 Å². The molecule has 2 atom stereocenters. The van der Waals surface area contributed by atoms with Crippen LogP contribution in [-0.2, 0) is 4.74 Å². The Bertz CT molecular complexity index is 425. The summed E-state index contributed by atoms with van der Waals surface area (Å²) in [7, 11) is 1.30. The second-order valence-corrected chi connectivity index (χ2v) is 4.42. The predicted molar refractivity (Wildman–Crippen MR) is 65.2 cm³/mol. The quantitative estimate of drug-likeness (QED) is 0.771. The summed E-state index contributed by atoms with van der Waals surface area (Å²) in [5.41, 5.74) is 0.175. The van der Waals surface area contributed by atoms with E-state index < -0.39 is 5.97 Å². The van der Waals surface area contributed by atoms with Crippen LogP contribution in [0.25, 0.3) is 0 Å². The number of rotatable bonds is 4. The van der Waals surface area contributed by atoms with Crippen LogP contribution in [-0.4, -0.2) is 40.8 Å². The van der Waals surface area contributed by atoms with Crippen LogP contribution >= 0.6 is 0 Å². The third-order valence-electron chi connectivity index (χ3n) is 3.19. The molecule has 6 heteroatoms. The van der Waals surface area contributed by atoms with Gasteiger partial charge in [-0.05, 0) is 12.8 Å². The third kappa shape index (κ3) is 2.95. The average molecular weight is 251 g/mol. The van der Waals surface area contributed by atoms with Gasteiger partial charge in [-0.25, -0.2) is 9.78 Å². The monoisotopic (exact) mass is 251 g/mol. The van der Waals surface area contributed by atoms with E-state index in [-0.39, 0.29) is 17.7 Å². The summed E-state index contributed by atoms with van der Waals surface area (Å²) >= 11 is 0. The van der Waals surface area contributed by atoms with Crippen LogP contribution in [0, 0.1) is 5.92 Å². The second-order valence-electron chi connectivity index (χ2n) is 4.42. The van der Waals surface area contributed by atoms with Gasteiger partial charge in [-0.2, -0.15) is 0 Å². The van der Waals surface area contributed by atoms with Gasteiger partial charge in [0, 0.05) is 12.5 Å². The number of carbonyl (C=O) groups excluding carboxylic acids is 1. The number of carbonyl (C=O) groups is 1. The van der Waals surface area contributed by atoms with Gasteiger partial charge in [-0.15, -0.1) is 0 Å². The summed E-state index contributed by atoms with van der Waals surface area (Å²) in [5, 5.41) is 12.8. The highest BCUT2D eigenvalue weighted by Crippen LogP contribution is 2.25. The van der Waals surface area contributed by atoms with Crippen LogP contribution in [0.3, 0.4) is 0 Å². The zero-order valence-corrected chi connectivity index (χ0v) is 10.3. The van der Waals surface area contributed by atoms with Crippen molar-refractivity contribution in [3.63, 3.8) is 0 Å². The molecule has 2 rings (SSSR count). The molecule has 2 unspecified atom stereocenters.